The summed E-state index contributed by atoms with van der Waals surface area (Å²) in [5.74, 6) is 0. The number of hydrogen-bond acceptors (Lipinski definition) is 4. The molecule has 0 aliphatic carbocycles. The summed E-state index contributed by atoms with van der Waals surface area (Å²) in [6.45, 7) is 2.04. The lowest BCUT2D eigenvalue weighted by Gasteiger charge is -2.05. The van der Waals surface area contributed by atoms with Gasteiger partial charge in [-0.3, -0.25) is 10.1 Å². The molecule has 1 aromatic heterocycles. The van der Waals surface area contributed by atoms with Gasteiger partial charge in [0.25, 0.3) is 0 Å². The zero-order valence-corrected chi connectivity index (χ0v) is 9.44. The Hall–Kier alpha value is -0.650. The first-order chi connectivity index (χ1) is 6.15. The number of rotatable bonds is 4. The van der Waals surface area contributed by atoms with Gasteiger partial charge in [-0.1, -0.05) is 24.7 Å². The van der Waals surface area contributed by atoms with E-state index in [9.17, 15) is 10.1 Å². The Kier molecular flexibility index (Phi) is 5.68. The molecule has 1 aromatic rings. The predicted molar refractivity (Wildman–Crippen MR) is 60.1 cm³/mol. The van der Waals surface area contributed by atoms with E-state index in [-0.39, 0.29) is 28.4 Å². The minimum absolute atomic E-state index is 0. The molecule has 6 heteroatoms. The number of nitro groups is 1. The average molecular weight is 237 g/mol. The first-order valence-electron chi connectivity index (χ1n) is 4.13. The predicted octanol–water partition coefficient (Wildman–Crippen LogP) is 2.88. The Labute approximate surface area is 92.7 Å². The number of hydrogen-bond donors (Lipinski definition) is 1. The van der Waals surface area contributed by atoms with Crippen LogP contribution in [-0.2, 0) is 0 Å². The van der Waals surface area contributed by atoms with Crippen LogP contribution in [0, 0.1) is 10.1 Å². The second-order valence-electron chi connectivity index (χ2n) is 2.87. The molecule has 0 aromatic carbocycles. The maximum absolute atomic E-state index is 10.4. The van der Waals surface area contributed by atoms with Crippen molar-refractivity contribution in [1.82, 2.24) is 0 Å². The first-order valence-corrected chi connectivity index (χ1v) is 5.01. The molecule has 0 saturated heterocycles. The van der Waals surface area contributed by atoms with Gasteiger partial charge in [0, 0.05) is 17.5 Å². The monoisotopic (exact) mass is 236 g/mol. The molecular weight excluding hydrogens is 224 g/mol. The summed E-state index contributed by atoms with van der Waals surface area (Å²) in [5, 5.41) is 12.3. The van der Waals surface area contributed by atoms with Gasteiger partial charge in [0.05, 0.1) is 4.92 Å². The molecule has 0 amide bonds. The molecule has 0 unspecified atom stereocenters. The van der Waals surface area contributed by atoms with E-state index in [2.05, 4.69) is 0 Å². The summed E-state index contributed by atoms with van der Waals surface area (Å²) < 4.78 is 0. The number of nitrogens with zero attached hydrogens (tertiary/aromatic N) is 1. The summed E-state index contributed by atoms with van der Waals surface area (Å²) in [6, 6.07) is 1.50. The molecule has 0 bridgehead atoms. The lowest BCUT2D eigenvalue weighted by atomic mass is 10.1. The van der Waals surface area contributed by atoms with Gasteiger partial charge in [-0.25, -0.2) is 0 Å². The van der Waals surface area contributed by atoms with Gasteiger partial charge in [-0.05, 0) is 12.0 Å². The minimum atomic E-state index is -0.382. The molecule has 2 N–H and O–H groups in total. The highest BCUT2D eigenvalue weighted by molar-refractivity contribution is 7.13. The van der Waals surface area contributed by atoms with Gasteiger partial charge in [-0.2, -0.15) is 0 Å². The average Bonchev–Trinajstić information content (AvgIpc) is 2.52. The fraction of sp³-hybridized carbons (Fsp3) is 0.500. The van der Waals surface area contributed by atoms with Crippen molar-refractivity contribution in [3.8, 4) is 0 Å². The van der Waals surface area contributed by atoms with Crippen molar-refractivity contribution in [2.75, 3.05) is 0 Å². The van der Waals surface area contributed by atoms with Crippen LogP contribution in [0.25, 0.3) is 0 Å². The topological polar surface area (TPSA) is 69.2 Å². The van der Waals surface area contributed by atoms with Crippen LogP contribution in [0.5, 0.6) is 0 Å². The molecular formula is C8H13ClN2O2S. The van der Waals surface area contributed by atoms with Gasteiger partial charge in [0.15, 0.2) is 0 Å². The smallest absolute Gasteiger partial charge is 0.324 e. The molecule has 0 fully saturated rings. The van der Waals surface area contributed by atoms with Gasteiger partial charge >= 0.3 is 5.00 Å². The fourth-order valence-electron chi connectivity index (χ4n) is 1.11. The van der Waals surface area contributed by atoms with Gasteiger partial charge < -0.3 is 5.73 Å². The van der Waals surface area contributed by atoms with E-state index in [1.54, 1.807) is 11.4 Å². The van der Waals surface area contributed by atoms with Crippen molar-refractivity contribution in [1.29, 1.82) is 0 Å². The molecule has 0 aliphatic rings. The Morgan fingerprint density at radius 2 is 2.36 bits per heavy atom. The molecule has 1 rings (SSSR count). The van der Waals surface area contributed by atoms with E-state index >= 15 is 0 Å². The lowest BCUT2D eigenvalue weighted by Crippen LogP contribution is -2.08. The Morgan fingerprint density at radius 3 is 2.79 bits per heavy atom. The van der Waals surface area contributed by atoms with E-state index in [1.807, 2.05) is 6.92 Å². The van der Waals surface area contributed by atoms with Crippen molar-refractivity contribution in [3.63, 3.8) is 0 Å². The van der Waals surface area contributed by atoms with E-state index in [1.165, 1.54) is 0 Å². The van der Waals surface area contributed by atoms with E-state index in [0.29, 0.717) is 0 Å². The van der Waals surface area contributed by atoms with Crippen molar-refractivity contribution in [3.05, 3.63) is 27.1 Å². The van der Waals surface area contributed by atoms with E-state index in [0.717, 1.165) is 29.7 Å². The van der Waals surface area contributed by atoms with E-state index in [4.69, 9.17) is 5.73 Å². The molecule has 0 spiro atoms. The Morgan fingerprint density at radius 1 is 1.71 bits per heavy atom. The highest BCUT2D eigenvalue weighted by atomic mass is 35.5. The van der Waals surface area contributed by atoms with Crippen molar-refractivity contribution < 1.29 is 4.92 Å². The molecule has 4 nitrogen and oxygen atoms in total. The highest BCUT2D eigenvalue weighted by Crippen LogP contribution is 2.27. The zero-order chi connectivity index (χ0) is 9.84. The largest absolute Gasteiger partial charge is 0.324 e. The number of halogens is 1. The second kappa shape index (κ2) is 5.95. The minimum Gasteiger partial charge on any atom is -0.324 e. The summed E-state index contributed by atoms with van der Waals surface area (Å²) in [7, 11) is 0. The van der Waals surface area contributed by atoms with Crippen LogP contribution < -0.4 is 5.73 Å². The third-order valence-corrected chi connectivity index (χ3v) is 2.71. The zero-order valence-electron chi connectivity index (χ0n) is 7.80. The molecule has 14 heavy (non-hydrogen) atoms. The quantitative estimate of drug-likeness (QED) is 0.646. The standard InChI is InChI=1S/C8H12N2O2S.ClH/c1-2-3-7(9)6-4-8(10(11)12)13-5-6;/h4-5,7H,2-3,9H2,1H3;1H/t7-;/m1./s1. The van der Waals surface area contributed by atoms with Gasteiger partial charge in [-0.15, -0.1) is 12.4 Å². The summed E-state index contributed by atoms with van der Waals surface area (Å²) in [4.78, 5) is 9.99. The second-order valence-corrected chi connectivity index (χ2v) is 3.76. The molecule has 0 aliphatic heterocycles. The Balaban J connectivity index is 0.00000169. The third kappa shape index (κ3) is 3.25. The molecule has 0 radical (unpaired) electrons. The fourth-order valence-corrected chi connectivity index (χ4v) is 1.90. The summed E-state index contributed by atoms with van der Waals surface area (Å²) >= 11 is 1.13. The van der Waals surface area contributed by atoms with Crippen LogP contribution in [0.4, 0.5) is 5.00 Å². The van der Waals surface area contributed by atoms with Crippen molar-refractivity contribution >= 4 is 28.7 Å². The number of thiophene rings is 1. The van der Waals surface area contributed by atoms with Crippen LogP contribution in [0.3, 0.4) is 0 Å². The summed E-state index contributed by atoms with van der Waals surface area (Å²) in [5.41, 5.74) is 6.68. The van der Waals surface area contributed by atoms with Crippen LogP contribution >= 0.6 is 23.7 Å². The van der Waals surface area contributed by atoms with Crippen molar-refractivity contribution in [2.45, 2.75) is 25.8 Å². The maximum atomic E-state index is 10.4. The highest BCUT2D eigenvalue weighted by Gasteiger charge is 2.13. The maximum Gasteiger partial charge on any atom is 0.324 e. The normalized spacial score (nSPS) is 11.9. The molecule has 0 saturated carbocycles. The molecule has 1 atom stereocenters. The van der Waals surface area contributed by atoms with E-state index < -0.39 is 0 Å². The molecule has 80 valence electrons. The summed E-state index contributed by atoms with van der Waals surface area (Å²) in [6.07, 6.45) is 1.86. The third-order valence-electron chi connectivity index (χ3n) is 1.81. The first kappa shape index (κ1) is 13.4. The molecule has 1 heterocycles. The van der Waals surface area contributed by atoms with Crippen LogP contribution in [0.15, 0.2) is 11.4 Å². The van der Waals surface area contributed by atoms with Crippen LogP contribution in [0.2, 0.25) is 0 Å². The van der Waals surface area contributed by atoms with Crippen LogP contribution in [0.1, 0.15) is 31.4 Å². The lowest BCUT2D eigenvalue weighted by molar-refractivity contribution is -0.380. The van der Waals surface area contributed by atoms with Crippen LogP contribution in [-0.4, -0.2) is 4.92 Å². The van der Waals surface area contributed by atoms with Crippen molar-refractivity contribution in [2.24, 2.45) is 5.73 Å². The Bertz CT molecular complexity index is 303. The SMILES string of the molecule is CCC[C@@H](N)c1csc([N+](=O)[O-])c1.Cl. The number of nitrogens with two attached hydrogens (primary N) is 1. The van der Waals surface area contributed by atoms with Gasteiger partial charge in [0.1, 0.15) is 0 Å². The van der Waals surface area contributed by atoms with Gasteiger partial charge in [0.2, 0.25) is 0 Å².